The van der Waals surface area contributed by atoms with E-state index >= 15 is 0 Å². The predicted molar refractivity (Wildman–Crippen MR) is 60.3 cm³/mol. The van der Waals surface area contributed by atoms with Gasteiger partial charge in [-0.25, -0.2) is 0 Å². The second-order valence-electron chi connectivity index (χ2n) is 3.90. The average molecular weight is 198 g/mol. The molecule has 1 nitrogen and oxygen atoms in total. The van der Waals surface area contributed by atoms with Gasteiger partial charge in [-0.1, -0.05) is 36.5 Å². The molecule has 0 N–H and O–H groups in total. The first-order valence-corrected chi connectivity index (χ1v) is 5.45. The Morgan fingerprint density at radius 3 is 2.67 bits per heavy atom. The van der Waals surface area contributed by atoms with Gasteiger partial charge in [0.15, 0.2) is 0 Å². The molecule has 1 heteroatoms. The van der Waals surface area contributed by atoms with Crippen LogP contribution in [0.15, 0.2) is 30.3 Å². The second kappa shape index (κ2) is 4.79. The molecule has 0 radical (unpaired) electrons. The fraction of sp³-hybridized carbons (Fsp3) is 0.357. The number of hydrogen-bond donors (Lipinski definition) is 0. The Morgan fingerprint density at radius 2 is 1.93 bits per heavy atom. The molecule has 1 aliphatic carbocycles. The van der Waals surface area contributed by atoms with Crippen molar-refractivity contribution in [2.75, 3.05) is 0 Å². The maximum absolute atomic E-state index is 11.5. The molecule has 0 bridgehead atoms. The van der Waals surface area contributed by atoms with Crippen LogP contribution in [0, 0.1) is 17.8 Å². The van der Waals surface area contributed by atoms with E-state index in [0.29, 0.717) is 12.2 Å². The van der Waals surface area contributed by atoms with E-state index in [4.69, 9.17) is 0 Å². The molecule has 0 aromatic heterocycles. The van der Waals surface area contributed by atoms with E-state index in [1.165, 1.54) is 0 Å². The zero-order valence-corrected chi connectivity index (χ0v) is 8.70. The summed E-state index contributed by atoms with van der Waals surface area (Å²) in [4.78, 5) is 11.5. The predicted octanol–water partition coefficient (Wildman–Crippen LogP) is 2.80. The Kier molecular flexibility index (Phi) is 3.19. The lowest BCUT2D eigenvalue weighted by Crippen LogP contribution is -2.16. The highest BCUT2D eigenvalue weighted by Gasteiger charge is 2.19. The monoisotopic (exact) mass is 198 g/mol. The number of ketones is 1. The van der Waals surface area contributed by atoms with E-state index in [1.54, 1.807) is 0 Å². The van der Waals surface area contributed by atoms with Crippen molar-refractivity contribution in [3.05, 3.63) is 35.9 Å². The zero-order valence-electron chi connectivity index (χ0n) is 8.70. The van der Waals surface area contributed by atoms with Crippen LogP contribution >= 0.6 is 0 Å². The van der Waals surface area contributed by atoms with Gasteiger partial charge in [-0.05, 0) is 25.0 Å². The van der Waals surface area contributed by atoms with Gasteiger partial charge in [0.2, 0.25) is 0 Å². The summed E-state index contributed by atoms with van der Waals surface area (Å²) in [6.07, 6.45) is 3.84. The number of benzene rings is 1. The first-order valence-electron chi connectivity index (χ1n) is 5.45. The van der Waals surface area contributed by atoms with Gasteiger partial charge in [0.25, 0.3) is 0 Å². The van der Waals surface area contributed by atoms with Crippen LogP contribution in [0.4, 0.5) is 0 Å². The Balaban J connectivity index is 2.08. The Hall–Kier alpha value is -1.55. The fourth-order valence-electron chi connectivity index (χ4n) is 1.83. The molecule has 76 valence electrons. The standard InChI is InChI=1S/C14H14O/c15-14-9-5-4-8-13(14)11-10-12-6-2-1-3-7-12/h1-3,6-7,13H,4-5,8-9H2. The third-order valence-electron chi connectivity index (χ3n) is 2.72. The zero-order chi connectivity index (χ0) is 10.5. The summed E-state index contributed by atoms with van der Waals surface area (Å²) in [6.45, 7) is 0. The SMILES string of the molecule is O=C1CCCCC1C#Cc1ccccc1. The summed E-state index contributed by atoms with van der Waals surface area (Å²) in [7, 11) is 0. The summed E-state index contributed by atoms with van der Waals surface area (Å²) in [6, 6.07) is 9.84. The molecule has 0 saturated heterocycles. The van der Waals surface area contributed by atoms with E-state index < -0.39 is 0 Å². The summed E-state index contributed by atoms with van der Waals surface area (Å²) in [5.41, 5.74) is 0.996. The summed E-state index contributed by atoms with van der Waals surface area (Å²) < 4.78 is 0. The summed E-state index contributed by atoms with van der Waals surface area (Å²) in [5, 5.41) is 0. The molecule has 2 rings (SSSR count). The van der Waals surface area contributed by atoms with Crippen molar-refractivity contribution in [1.29, 1.82) is 0 Å². The Labute approximate surface area is 90.5 Å². The van der Waals surface area contributed by atoms with Gasteiger partial charge in [-0.3, -0.25) is 4.79 Å². The molecule has 1 aromatic carbocycles. The topological polar surface area (TPSA) is 17.1 Å². The maximum Gasteiger partial charge on any atom is 0.147 e. The molecule has 1 atom stereocenters. The van der Waals surface area contributed by atoms with Gasteiger partial charge in [0, 0.05) is 12.0 Å². The van der Waals surface area contributed by atoms with Crippen LogP contribution in [0.2, 0.25) is 0 Å². The first kappa shape index (κ1) is 9.98. The molecule has 1 saturated carbocycles. The van der Waals surface area contributed by atoms with Crippen molar-refractivity contribution in [2.24, 2.45) is 5.92 Å². The van der Waals surface area contributed by atoms with E-state index in [1.807, 2.05) is 30.3 Å². The van der Waals surface area contributed by atoms with Crippen LogP contribution in [-0.2, 0) is 4.79 Å². The first-order chi connectivity index (χ1) is 7.36. The van der Waals surface area contributed by atoms with Gasteiger partial charge in [-0.2, -0.15) is 0 Å². The van der Waals surface area contributed by atoms with Crippen molar-refractivity contribution in [3.63, 3.8) is 0 Å². The maximum atomic E-state index is 11.5. The van der Waals surface area contributed by atoms with E-state index in [-0.39, 0.29) is 5.92 Å². The van der Waals surface area contributed by atoms with Crippen LogP contribution in [0.1, 0.15) is 31.2 Å². The third-order valence-corrected chi connectivity index (χ3v) is 2.72. The molecular weight excluding hydrogens is 184 g/mol. The Morgan fingerprint density at radius 1 is 1.13 bits per heavy atom. The van der Waals surface area contributed by atoms with Crippen LogP contribution in [0.3, 0.4) is 0 Å². The Bertz CT molecular complexity index is 394. The van der Waals surface area contributed by atoms with E-state index in [0.717, 1.165) is 24.8 Å². The third kappa shape index (κ3) is 2.70. The lowest BCUT2D eigenvalue weighted by Gasteiger charge is -2.14. The van der Waals surface area contributed by atoms with Gasteiger partial charge >= 0.3 is 0 Å². The summed E-state index contributed by atoms with van der Waals surface area (Å²) >= 11 is 0. The minimum absolute atomic E-state index is 0.0149. The normalized spacial score (nSPS) is 20.5. The average Bonchev–Trinajstić information content (AvgIpc) is 2.29. The fourth-order valence-corrected chi connectivity index (χ4v) is 1.83. The van der Waals surface area contributed by atoms with Crippen molar-refractivity contribution < 1.29 is 4.79 Å². The number of Topliss-reactive ketones (excluding diaryl/α,β-unsaturated/α-hetero) is 1. The highest BCUT2D eigenvalue weighted by Crippen LogP contribution is 2.19. The molecule has 1 aliphatic rings. The van der Waals surface area contributed by atoms with Gasteiger partial charge in [0.1, 0.15) is 5.78 Å². The minimum Gasteiger partial charge on any atom is -0.298 e. The molecule has 0 heterocycles. The smallest absolute Gasteiger partial charge is 0.147 e. The molecule has 1 unspecified atom stereocenters. The lowest BCUT2D eigenvalue weighted by molar-refractivity contribution is -0.122. The molecular formula is C14H14O. The van der Waals surface area contributed by atoms with Crippen molar-refractivity contribution in [2.45, 2.75) is 25.7 Å². The van der Waals surface area contributed by atoms with Gasteiger partial charge < -0.3 is 0 Å². The highest BCUT2D eigenvalue weighted by atomic mass is 16.1. The van der Waals surface area contributed by atoms with E-state index in [2.05, 4.69) is 11.8 Å². The second-order valence-corrected chi connectivity index (χ2v) is 3.90. The largest absolute Gasteiger partial charge is 0.298 e. The van der Waals surface area contributed by atoms with Gasteiger partial charge in [0.05, 0.1) is 5.92 Å². The number of carbonyl (C=O) groups is 1. The molecule has 15 heavy (non-hydrogen) atoms. The molecule has 1 fully saturated rings. The number of rotatable bonds is 0. The number of hydrogen-bond acceptors (Lipinski definition) is 1. The summed E-state index contributed by atoms with van der Waals surface area (Å²) in [5.74, 6) is 6.47. The quantitative estimate of drug-likeness (QED) is 0.586. The lowest BCUT2D eigenvalue weighted by atomic mass is 9.88. The van der Waals surface area contributed by atoms with Crippen molar-refractivity contribution in [1.82, 2.24) is 0 Å². The van der Waals surface area contributed by atoms with Crippen LogP contribution in [0.25, 0.3) is 0 Å². The molecule has 0 amide bonds. The minimum atomic E-state index is -0.0149. The number of carbonyl (C=O) groups excluding carboxylic acids is 1. The van der Waals surface area contributed by atoms with E-state index in [9.17, 15) is 4.79 Å². The van der Waals surface area contributed by atoms with Crippen LogP contribution < -0.4 is 0 Å². The molecule has 0 spiro atoms. The highest BCUT2D eigenvalue weighted by molar-refractivity contribution is 5.84. The van der Waals surface area contributed by atoms with Gasteiger partial charge in [-0.15, -0.1) is 0 Å². The van der Waals surface area contributed by atoms with Crippen LogP contribution in [0.5, 0.6) is 0 Å². The van der Waals surface area contributed by atoms with Crippen molar-refractivity contribution in [3.8, 4) is 11.8 Å². The molecule has 1 aromatic rings. The van der Waals surface area contributed by atoms with Crippen LogP contribution in [-0.4, -0.2) is 5.78 Å². The molecule has 0 aliphatic heterocycles. The van der Waals surface area contributed by atoms with Crippen molar-refractivity contribution >= 4 is 5.78 Å².